The molecule has 0 fully saturated rings. The van der Waals surface area contributed by atoms with Crippen molar-refractivity contribution in [2.45, 2.75) is 0 Å². The van der Waals surface area contributed by atoms with E-state index in [0.717, 1.165) is 5.52 Å². The van der Waals surface area contributed by atoms with Gasteiger partial charge in [0.05, 0.1) is 0 Å². The summed E-state index contributed by atoms with van der Waals surface area (Å²) in [6, 6.07) is 1.76. The third kappa shape index (κ3) is 0.540. The summed E-state index contributed by atoms with van der Waals surface area (Å²) in [7, 11) is 0. The normalized spacial score (nSPS) is 10.4. The van der Waals surface area contributed by atoms with Crippen molar-refractivity contribution in [1.82, 2.24) is 19.8 Å². The molecular formula is C5H5N5. The summed E-state index contributed by atoms with van der Waals surface area (Å²) >= 11 is 0. The van der Waals surface area contributed by atoms with E-state index in [1.807, 2.05) is 0 Å². The van der Waals surface area contributed by atoms with Crippen LogP contribution in [0.1, 0.15) is 0 Å². The summed E-state index contributed by atoms with van der Waals surface area (Å²) in [4.78, 5) is 3.83. The lowest BCUT2D eigenvalue weighted by molar-refractivity contribution is 0.836. The van der Waals surface area contributed by atoms with Crippen LogP contribution in [0, 0.1) is 0 Å². The number of nitrogen functional groups attached to an aromatic ring is 1. The number of anilines is 1. The monoisotopic (exact) mass is 135 g/mol. The minimum Gasteiger partial charge on any atom is -0.380 e. The molecule has 0 aliphatic rings. The SMILES string of the molecule is Nc1nnn2cnccc12. The van der Waals surface area contributed by atoms with Crippen molar-refractivity contribution in [3.63, 3.8) is 0 Å². The van der Waals surface area contributed by atoms with Crippen molar-refractivity contribution in [2.75, 3.05) is 5.73 Å². The Morgan fingerprint density at radius 3 is 3.20 bits per heavy atom. The number of nitrogens with zero attached hydrogens (tertiary/aromatic N) is 4. The fourth-order valence-corrected chi connectivity index (χ4v) is 0.775. The Bertz CT molecular complexity index is 352. The van der Waals surface area contributed by atoms with Crippen molar-refractivity contribution in [1.29, 1.82) is 0 Å². The van der Waals surface area contributed by atoms with Gasteiger partial charge in [-0.25, -0.2) is 9.50 Å². The van der Waals surface area contributed by atoms with Gasteiger partial charge in [0.1, 0.15) is 11.8 Å². The quantitative estimate of drug-likeness (QED) is 0.538. The van der Waals surface area contributed by atoms with Crippen LogP contribution in [0.15, 0.2) is 18.6 Å². The van der Waals surface area contributed by atoms with Gasteiger partial charge in [0, 0.05) is 6.20 Å². The van der Waals surface area contributed by atoms with Crippen molar-refractivity contribution in [3.05, 3.63) is 18.6 Å². The first-order valence-electron chi connectivity index (χ1n) is 2.78. The Kier molecular flexibility index (Phi) is 0.858. The maximum Gasteiger partial charge on any atom is 0.174 e. The zero-order valence-corrected chi connectivity index (χ0v) is 5.10. The number of fused-ring (bicyclic) bond motifs is 1. The highest BCUT2D eigenvalue weighted by Crippen LogP contribution is 2.05. The van der Waals surface area contributed by atoms with E-state index in [1.165, 1.54) is 4.52 Å². The van der Waals surface area contributed by atoms with Gasteiger partial charge in [-0.3, -0.25) is 0 Å². The van der Waals surface area contributed by atoms with E-state index in [-0.39, 0.29) is 0 Å². The van der Waals surface area contributed by atoms with E-state index >= 15 is 0 Å². The first-order chi connectivity index (χ1) is 4.88. The summed E-state index contributed by atoms with van der Waals surface area (Å²) < 4.78 is 1.52. The second kappa shape index (κ2) is 1.66. The lowest BCUT2D eigenvalue weighted by Crippen LogP contribution is -1.87. The van der Waals surface area contributed by atoms with Crippen molar-refractivity contribution in [2.24, 2.45) is 0 Å². The number of hydrogen-bond acceptors (Lipinski definition) is 4. The Morgan fingerprint density at radius 1 is 1.50 bits per heavy atom. The standard InChI is InChI=1S/C5H5N5/c6-5-4-1-2-7-3-10(4)9-8-5/h1-3H,6H2. The molecule has 0 aromatic carbocycles. The molecule has 0 aliphatic carbocycles. The molecule has 0 bridgehead atoms. The first-order valence-corrected chi connectivity index (χ1v) is 2.78. The topological polar surface area (TPSA) is 69.1 Å². The molecule has 0 spiro atoms. The average Bonchev–Trinajstić information content (AvgIpc) is 2.34. The van der Waals surface area contributed by atoms with Crippen LogP contribution in [0.4, 0.5) is 5.82 Å². The van der Waals surface area contributed by atoms with Crippen LogP contribution in [0.25, 0.3) is 5.52 Å². The molecule has 5 nitrogen and oxygen atoms in total. The Morgan fingerprint density at radius 2 is 2.40 bits per heavy atom. The Balaban J connectivity index is 2.93. The van der Waals surface area contributed by atoms with Gasteiger partial charge in [-0.05, 0) is 6.07 Å². The van der Waals surface area contributed by atoms with Crippen molar-refractivity contribution in [3.8, 4) is 0 Å². The zero-order chi connectivity index (χ0) is 6.97. The summed E-state index contributed by atoms with van der Waals surface area (Å²) in [5.74, 6) is 0.433. The van der Waals surface area contributed by atoms with Gasteiger partial charge in [-0.2, -0.15) is 0 Å². The predicted octanol–water partition coefficient (Wildman–Crippen LogP) is -0.294. The predicted molar refractivity (Wildman–Crippen MR) is 35.2 cm³/mol. The van der Waals surface area contributed by atoms with Gasteiger partial charge in [-0.15, -0.1) is 5.10 Å². The third-order valence-corrected chi connectivity index (χ3v) is 1.25. The molecule has 2 N–H and O–H groups in total. The van der Waals surface area contributed by atoms with E-state index in [2.05, 4.69) is 15.3 Å². The van der Waals surface area contributed by atoms with Gasteiger partial charge in [-0.1, -0.05) is 5.21 Å². The summed E-state index contributed by atoms with van der Waals surface area (Å²) in [6.45, 7) is 0. The van der Waals surface area contributed by atoms with Crippen molar-refractivity contribution < 1.29 is 0 Å². The summed E-state index contributed by atoms with van der Waals surface area (Å²) in [5, 5.41) is 7.34. The number of aromatic nitrogens is 4. The largest absolute Gasteiger partial charge is 0.380 e. The van der Waals surface area contributed by atoms with Crippen LogP contribution in [-0.4, -0.2) is 19.8 Å². The molecule has 0 atom stereocenters. The zero-order valence-electron chi connectivity index (χ0n) is 5.10. The smallest absolute Gasteiger partial charge is 0.174 e. The van der Waals surface area contributed by atoms with Crippen LogP contribution >= 0.6 is 0 Å². The fraction of sp³-hybridized carbons (Fsp3) is 0. The molecule has 0 unspecified atom stereocenters. The average molecular weight is 135 g/mol. The second-order valence-corrected chi connectivity index (χ2v) is 1.88. The highest BCUT2D eigenvalue weighted by Gasteiger charge is 1.97. The van der Waals surface area contributed by atoms with Gasteiger partial charge < -0.3 is 5.73 Å². The molecule has 0 saturated heterocycles. The van der Waals surface area contributed by atoms with E-state index in [4.69, 9.17) is 5.73 Å². The lowest BCUT2D eigenvalue weighted by atomic mass is 10.5. The van der Waals surface area contributed by atoms with Crippen LogP contribution in [0.3, 0.4) is 0 Å². The molecule has 2 aromatic heterocycles. The Hall–Kier alpha value is -1.65. The number of nitrogens with two attached hydrogens (primary N) is 1. The maximum atomic E-state index is 5.45. The number of rotatable bonds is 0. The first kappa shape index (κ1) is 5.16. The molecule has 2 aromatic rings. The van der Waals surface area contributed by atoms with Crippen LogP contribution < -0.4 is 5.73 Å². The van der Waals surface area contributed by atoms with Gasteiger partial charge in [0.2, 0.25) is 0 Å². The van der Waals surface area contributed by atoms with E-state index < -0.39 is 0 Å². The molecule has 0 saturated carbocycles. The molecule has 5 heteroatoms. The lowest BCUT2D eigenvalue weighted by Gasteiger charge is -1.86. The molecule has 0 amide bonds. The second-order valence-electron chi connectivity index (χ2n) is 1.88. The molecular weight excluding hydrogens is 130 g/mol. The van der Waals surface area contributed by atoms with Gasteiger partial charge in [0.25, 0.3) is 0 Å². The highest BCUT2D eigenvalue weighted by molar-refractivity contribution is 5.63. The Labute approximate surface area is 56.5 Å². The van der Waals surface area contributed by atoms with Crippen LogP contribution in [0.5, 0.6) is 0 Å². The van der Waals surface area contributed by atoms with Crippen LogP contribution in [-0.2, 0) is 0 Å². The van der Waals surface area contributed by atoms with Crippen molar-refractivity contribution >= 4 is 11.3 Å². The van der Waals surface area contributed by atoms with Gasteiger partial charge >= 0.3 is 0 Å². The van der Waals surface area contributed by atoms with E-state index in [1.54, 1.807) is 18.6 Å². The number of hydrogen-bond donors (Lipinski definition) is 1. The minimum absolute atomic E-state index is 0.433. The van der Waals surface area contributed by atoms with E-state index in [9.17, 15) is 0 Å². The molecule has 0 radical (unpaired) electrons. The van der Waals surface area contributed by atoms with E-state index in [0.29, 0.717) is 5.82 Å². The molecule has 0 aliphatic heterocycles. The molecule has 10 heavy (non-hydrogen) atoms. The maximum absolute atomic E-state index is 5.45. The minimum atomic E-state index is 0.433. The molecule has 2 heterocycles. The summed E-state index contributed by atoms with van der Waals surface area (Å²) in [5.41, 5.74) is 6.24. The molecule has 2 rings (SSSR count). The third-order valence-electron chi connectivity index (χ3n) is 1.25. The highest BCUT2D eigenvalue weighted by atomic mass is 15.4. The molecule has 50 valence electrons. The van der Waals surface area contributed by atoms with Crippen LogP contribution in [0.2, 0.25) is 0 Å². The van der Waals surface area contributed by atoms with Gasteiger partial charge in [0.15, 0.2) is 5.82 Å². The summed E-state index contributed by atoms with van der Waals surface area (Å²) in [6.07, 6.45) is 3.20. The fourth-order valence-electron chi connectivity index (χ4n) is 0.775.